The number of hydrogen-bond acceptors (Lipinski definition) is 2. The number of carbonyl (C=O) groups is 2. The number of fused-ring (bicyclic) bond motifs is 1. The van der Waals surface area contributed by atoms with E-state index in [1.54, 1.807) is 17.0 Å². The number of carbonyl (C=O) groups excluding carboxylic acids is 2. The molecule has 30 heavy (non-hydrogen) atoms. The minimum Gasteiger partial charge on any atom is -0.356 e. The summed E-state index contributed by atoms with van der Waals surface area (Å²) in [5, 5.41) is 4.24. The van der Waals surface area contributed by atoms with Crippen molar-refractivity contribution in [1.82, 2.24) is 14.8 Å². The molecule has 4 rings (SSSR count). The maximum absolute atomic E-state index is 13.4. The summed E-state index contributed by atoms with van der Waals surface area (Å²) in [6.07, 6.45) is 3.82. The fraction of sp³-hybridized carbons (Fsp3) is 0.333. The summed E-state index contributed by atoms with van der Waals surface area (Å²) in [6.45, 7) is 2.15. The van der Waals surface area contributed by atoms with Gasteiger partial charge in [-0.2, -0.15) is 0 Å². The molecule has 2 heterocycles. The van der Waals surface area contributed by atoms with Crippen LogP contribution in [0.4, 0.5) is 4.39 Å². The normalized spacial score (nSPS) is 16.8. The fourth-order valence-corrected chi connectivity index (χ4v) is 4.08. The minimum absolute atomic E-state index is 0.0101. The highest BCUT2D eigenvalue weighted by molar-refractivity contribution is 5.84. The van der Waals surface area contributed by atoms with Gasteiger partial charge in [0.25, 0.3) is 0 Å². The molecule has 1 fully saturated rings. The van der Waals surface area contributed by atoms with E-state index in [0.29, 0.717) is 32.5 Å². The molecule has 0 bridgehead atoms. The number of nitrogens with one attached hydrogen (secondary N) is 1. The van der Waals surface area contributed by atoms with E-state index in [9.17, 15) is 14.0 Å². The van der Waals surface area contributed by atoms with Gasteiger partial charge in [-0.15, -0.1) is 0 Å². The third-order valence-electron chi connectivity index (χ3n) is 5.69. The molecule has 3 aromatic rings. The average molecular weight is 407 g/mol. The maximum atomic E-state index is 13.4. The van der Waals surface area contributed by atoms with Crippen LogP contribution in [0.25, 0.3) is 10.9 Å². The monoisotopic (exact) mass is 407 g/mol. The quantitative estimate of drug-likeness (QED) is 0.607. The first-order valence-corrected chi connectivity index (χ1v) is 10.4. The molecule has 6 heteroatoms. The Morgan fingerprint density at radius 3 is 2.87 bits per heavy atom. The zero-order valence-corrected chi connectivity index (χ0v) is 16.9. The molecule has 1 aliphatic heterocycles. The Kier molecular flexibility index (Phi) is 6.12. The van der Waals surface area contributed by atoms with Crippen molar-refractivity contribution in [2.75, 3.05) is 13.1 Å². The number of nitrogens with zero attached hydrogens (tertiary/aromatic N) is 2. The summed E-state index contributed by atoms with van der Waals surface area (Å²) < 4.78 is 15.6. The summed E-state index contributed by atoms with van der Waals surface area (Å²) >= 11 is 0. The highest BCUT2D eigenvalue weighted by Gasteiger charge is 2.30. The van der Waals surface area contributed by atoms with Crippen LogP contribution in [0.2, 0.25) is 0 Å². The second kappa shape index (κ2) is 9.11. The lowest BCUT2D eigenvalue weighted by Crippen LogP contribution is -2.45. The molecule has 0 aliphatic carbocycles. The van der Waals surface area contributed by atoms with Gasteiger partial charge in [0.05, 0.1) is 5.92 Å². The molecule has 1 unspecified atom stereocenters. The van der Waals surface area contributed by atoms with Crippen LogP contribution in [0.1, 0.15) is 24.8 Å². The molecule has 0 radical (unpaired) electrons. The Bertz CT molecular complexity index is 1050. The number of aryl methyl sites for hydroxylation is 1. The van der Waals surface area contributed by atoms with Crippen LogP contribution in [0.3, 0.4) is 0 Å². The third kappa shape index (κ3) is 4.70. The zero-order valence-electron chi connectivity index (χ0n) is 16.9. The number of para-hydroxylation sites is 1. The molecular weight excluding hydrogens is 381 g/mol. The number of piperidine rings is 1. The second-order valence-electron chi connectivity index (χ2n) is 7.85. The molecule has 0 saturated carbocycles. The van der Waals surface area contributed by atoms with E-state index < -0.39 is 0 Å². The number of likely N-dealkylation sites (tertiary alicyclic amines) is 1. The van der Waals surface area contributed by atoms with Crippen molar-refractivity contribution in [3.63, 3.8) is 0 Å². The lowest BCUT2D eigenvalue weighted by Gasteiger charge is -2.32. The lowest BCUT2D eigenvalue weighted by molar-refractivity contribution is -0.138. The molecular formula is C24H26FN3O2. The van der Waals surface area contributed by atoms with Crippen molar-refractivity contribution in [2.45, 2.75) is 32.4 Å². The van der Waals surface area contributed by atoms with E-state index in [1.165, 1.54) is 23.0 Å². The first-order valence-electron chi connectivity index (χ1n) is 10.4. The SMILES string of the molecule is O=C(NCCCn1ccc2ccccc21)C1CCC(=O)N(Cc2cccc(F)c2)C1. The van der Waals surface area contributed by atoms with Crippen LogP contribution in [-0.2, 0) is 22.7 Å². The number of benzene rings is 2. The van der Waals surface area contributed by atoms with E-state index >= 15 is 0 Å². The fourth-order valence-electron chi connectivity index (χ4n) is 4.08. The Morgan fingerprint density at radius 2 is 2.00 bits per heavy atom. The van der Waals surface area contributed by atoms with Gasteiger partial charge in [0.1, 0.15) is 5.82 Å². The van der Waals surface area contributed by atoms with Crippen molar-refractivity contribution in [3.05, 3.63) is 72.2 Å². The van der Waals surface area contributed by atoms with Gasteiger partial charge in [-0.25, -0.2) is 4.39 Å². The molecule has 1 aliphatic rings. The summed E-state index contributed by atoms with van der Waals surface area (Å²) in [4.78, 5) is 26.5. The molecule has 2 amide bonds. The Labute approximate surface area is 175 Å². The van der Waals surface area contributed by atoms with Crippen LogP contribution in [0.5, 0.6) is 0 Å². The van der Waals surface area contributed by atoms with Crippen LogP contribution < -0.4 is 5.32 Å². The van der Waals surface area contributed by atoms with Gasteiger partial charge in [0.2, 0.25) is 11.8 Å². The predicted octanol–water partition coefficient (Wildman–Crippen LogP) is 3.73. The standard InChI is InChI=1S/C24H26FN3O2/c25-21-7-3-5-18(15-21)16-28-17-20(9-10-23(28)29)24(30)26-12-4-13-27-14-11-19-6-1-2-8-22(19)27/h1-3,5-8,11,14-15,20H,4,9-10,12-13,16-17H2,(H,26,30). The summed E-state index contributed by atoms with van der Waals surface area (Å²) in [6, 6.07) is 16.6. The number of amides is 2. The minimum atomic E-state index is -0.318. The molecule has 5 nitrogen and oxygen atoms in total. The maximum Gasteiger partial charge on any atom is 0.224 e. The first kappa shape index (κ1) is 20.1. The molecule has 156 valence electrons. The molecule has 1 aromatic heterocycles. The largest absolute Gasteiger partial charge is 0.356 e. The van der Waals surface area contributed by atoms with Gasteiger partial charge in [-0.1, -0.05) is 30.3 Å². The Balaban J connectivity index is 1.26. The highest BCUT2D eigenvalue weighted by Crippen LogP contribution is 2.20. The first-order chi connectivity index (χ1) is 14.6. The van der Waals surface area contributed by atoms with Crippen molar-refractivity contribution < 1.29 is 14.0 Å². The Hall–Kier alpha value is -3.15. The topological polar surface area (TPSA) is 54.3 Å². The van der Waals surface area contributed by atoms with E-state index in [-0.39, 0.29) is 23.5 Å². The van der Waals surface area contributed by atoms with Gasteiger partial charge in [0.15, 0.2) is 0 Å². The molecule has 1 N–H and O–H groups in total. The number of halogens is 1. The number of hydrogen-bond donors (Lipinski definition) is 1. The van der Waals surface area contributed by atoms with Crippen LogP contribution in [0, 0.1) is 11.7 Å². The molecule has 1 atom stereocenters. The van der Waals surface area contributed by atoms with Gasteiger partial charge in [-0.3, -0.25) is 9.59 Å². The molecule has 1 saturated heterocycles. The number of rotatable bonds is 7. The van der Waals surface area contributed by atoms with Crippen molar-refractivity contribution >= 4 is 22.7 Å². The van der Waals surface area contributed by atoms with Crippen LogP contribution in [-0.4, -0.2) is 34.4 Å². The molecule has 2 aromatic carbocycles. The van der Waals surface area contributed by atoms with E-state index in [2.05, 4.69) is 34.3 Å². The van der Waals surface area contributed by atoms with Gasteiger partial charge >= 0.3 is 0 Å². The lowest BCUT2D eigenvalue weighted by atomic mass is 9.96. The number of aromatic nitrogens is 1. The summed E-state index contributed by atoms with van der Waals surface area (Å²) in [7, 11) is 0. The third-order valence-corrected chi connectivity index (χ3v) is 5.69. The smallest absolute Gasteiger partial charge is 0.224 e. The second-order valence-corrected chi connectivity index (χ2v) is 7.85. The van der Waals surface area contributed by atoms with Crippen molar-refractivity contribution in [3.8, 4) is 0 Å². The summed E-state index contributed by atoms with van der Waals surface area (Å²) in [5.74, 6) is -0.530. The molecule has 0 spiro atoms. The zero-order chi connectivity index (χ0) is 20.9. The van der Waals surface area contributed by atoms with Crippen LogP contribution >= 0.6 is 0 Å². The van der Waals surface area contributed by atoms with Gasteiger partial charge in [0, 0.05) is 44.3 Å². The van der Waals surface area contributed by atoms with Crippen molar-refractivity contribution in [2.24, 2.45) is 5.92 Å². The van der Waals surface area contributed by atoms with Crippen LogP contribution in [0.15, 0.2) is 60.8 Å². The van der Waals surface area contributed by atoms with Gasteiger partial charge in [-0.05, 0) is 48.1 Å². The average Bonchev–Trinajstić information content (AvgIpc) is 3.16. The van der Waals surface area contributed by atoms with Crippen molar-refractivity contribution in [1.29, 1.82) is 0 Å². The summed E-state index contributed by atoms with van der Waals surface area (Å²) in [5.41, 5.74) is 1.94. The predicted molar refractivity (Wildman–Crippen MR) is 114 cm³/mol. The van der Waals surface area contributed by atoms with E-state index in [1.807, 2.05) is 12.1 Å². The highest BCUT2D eigenvalue weighted by atomic mass is 19.1. The Morgan fingerprint density at radius 1 is 1.13 bits per heavy atom. The van der Waals surface area contributed by atoms with Gasteiger partial charge < -0.3 is 14.8 Å². The van der Waals surface area contributed by atoms with E-state index in [0.717, 1.165) is 18.5 Å². The van der Waals surface area contributed by atoms with E-state index in [4.69, 9.17) is 0 Å².